The average molecular weight is 313 g/mol. The van der Waals surface area contributed by atoms with Crippen molar-refractivity contribution in [2.75, 3.05) is 11.5 Å². The standard InChI is InChI=1S/C13H13ClN2OS2/c14-11-4-3-9(15)6-12(11)19-8-13(17)16-7-10-2-1-5-18-10/h1-6H,7-8,15H2,(H,16,17). The summed E-state index contributed by atoms with van der Waals surface area (Å²) in [4.78, 5) is 13.7. The first-order chi connectivity index (χ1) is 9.15. The largest absolute Gasteiger partial charge is 0.399 e. The van der Waals surface area contributed by atoms with Crippen molar-refractivity contribution in [1.29, 1.82) is 0 Å². The third-order valence-corrected chi connectivity index (χ3v) is 4.73. The Balaban J connectivity index is 1.81. The second kappa shape index (κ2) is 6.84. The van der Waals surface area contributed by atoms with Crippen molar-refractivity contribution >= 4 is 46.3 Å². The Kier molecular flexibility index (Phi) is 5.13. The van der Waals surface area contributed by atoms with Crippen molar-refractivity contribution in [2.45, 2.75) is 11.4 Å². The number of anilines is 1. The van der Waals surface area contributed by atoms with Gasteiger partial charge in [0.15, 0.2) is 0 Å². The van der Waals surface area contributed by atoms with Gasteiger partial charge in [0, 0.05) is 15.5 Å². The smallest absolute Gasteiger partial charge is 0.230 e. The lowest BCUT2D eigenvalue weighted by molar-refractivity contribution is -0.118. The van der Waals surface area contributed by atoms with Gasteiger partial charge in [0.2, 0.25) is 5.91 Å². The van der Waals surface area contributed by atoms with Gasteiger partial charge in [-0.25, -0.2) is 0 Å². The number of rotatable bonds is 5. The molecular formula is C13H13ClN2OS2. The lowest BCUT2D eigenvalue weighted by atomic mass is 10.3. The molecule has 0 saturated carbocycles. The van der Waals surface area contributed by atoms with E-state index in [-0.39, 0.29) is 5.91 Å². The summed E-state index contributed by atoms with van der Waals surface area (Å²) in [5, 5.41) is 5.47. The van der Waals surface area contributed by atoms with E-state index in [2.05, 4.69) is 5.32 Å². The fourth-order valence-corrected chi connectivity index (χ4v) is 3.16. The number of carbonyl (C=O) groups excluding carboxylic acids is 1. The van der Waals surface area contributed by atoms with E-state index in [4.69, 9.17) is 17.3 Å². The molecule has 1 heterocycles. The van der Waals surface area contributed by atoms with Crippen LogP contribution >= 0.6 is 34.7 Å². The predicted octanol–water partition coefficient (Wildman–Crippen LogP) is 3.39. The third kappa shape index (κ3) is 4.45. The van der Waals surface area contributed by atoms with E-state index in [1.807, 2.05) is 17.5 Å². The first-order valence-corrected chi connectivity index (χ1v) is 7.86. The van der Waals surface area contributed by atoms with Gasteiger partial charge < -0.3 is 11.1 Å². The molecule has 1 aromatic heterocycles. The van der Waals surface area contributed by atoms with Gasteiger partial charge in [0.1, 0.15) is 0 Å². The minimum absolute atomic E-state index is 0.0168. The molecule has 0 aliphatic rings. The van der Waals surface area contributed by atoms with Crippen LogP contribution < -0.4 is 11.1 Å². The van der Waals surface area contributed by atoms with E-state index in [0.717, 1.165) is 9.77 Å². The fourth-order valence-electron chi connectivity index (χ4n) is 1.42. The highest BCUT2D eigenvalue weighted by atomic mass is 35.5. The molecule has 1 amide bonds. The Labute approximate surface area is 125 Å². The number of nitrogens with one attached hydrogen (secondary N) is 1. The zero-order valence-corrected chi connectivity index (χ0v) is 12.4. The minimum Gasteiger partial charge on any atom is -0.399 e. The summed E-state index contributed by atoms with van der Waals surface area (Å²) in [6.07, 6.45) is 0. The Bertz CT molecular complexity index is 558. The third-order valence-electron chi connectivity index (χ3n) is 2.35. The first-order valence-electron chi connectivity index (χ1n) is 5.62. The Morgan fingerprint density at radius 2 is 2.26 bits per heavy atom. The van der Waals surface area contributed by atoms with E-state index >= 15 is 0 Å². The number of nitrogen functional groups attached to an aromatic ring is 1. The maximum absolute atomic E-state index is 11.7. The Morgan fingerprint density at radius 1 is 1.42 bits per heavy atom. The van der Waals surface area contributed by atoms with Gasteiger partial charge >= 0.3 is 0 Å². The molecule has 0 radical (unpaired) electrons. The molecule has 0 bridgehead atoms. The van der Waals surface area contributed by atoms with Gasteiger partial charge in [0.05, 0.1) is 17.3 Å². The van der Waals surface area contributed by atoms with Crippen molar-refractivity contribution in [2.24, 2.45) is 0 Å². The number of halogens is 1. The van der Waals surface area contributed by atoms with Crippen LogP contribution in [0.15, 0.2) is 40.6 Å². The molecule has 100 valence electrons. The van der Waals surface area contributed by atoms with Gasteiger partial charge in [-0.2, -0.15) is 0 Å². The fraction of sp³-hybridized carbons (Fsp3) is 0.154. The number of nitrogens with two attached hydrogens (primary N) is 1. The summed E-state index contributed by atoms with van der Waals surface area (Å²) in [6.45, 7) is 0.571. The summed E-state index contributed by atoms with van der Waals surface area (Å²) in [5.74, 6) is 0.311. The molecule has 0 saturated heterocycles. The molecule has 19 heavy (non-hydrogen) atoms. The van der Waals surface area contributed by atoms with E-state index in [1.54, 1.807) is 29.5 Å². The predicted molar refractivity (Wildman–Crippen MR) is 82.8 cm³/mol. The second-order valence-electron chi connectivity index (χ2n) is 3.83. The minimum atomic E-state index is -0.0168. The van der Waals surface area contributed by atoms with Gasteiger partial charge in [-0.3, -0.25) is 4.79 Å². The number of hydrogen-bond acceptors (Lipinski definition) is 4. The maximum Gasteiger partial charge on any atom is 0.230 e. The van der Waals surface area contributed by atoms with E-state index in [9.17, 15) is 4.79 Å². The molecule has 0 aliphatic heterocycles. The summed E-state index contributed by atoms with van der Waals surface area (Å²) >= 11 is 9.04. The zero-order valence-electron chi connectivity index (χ0n) is 10.1. The molecule has 0 aliphatic carbocycles. The van der Waals surface area contributed by atoms with Crippen LogP contribution in [0.3, 0.4) is 0 Å². The Hall–Kier alpha value is -1.17. The molecule has 2 rings (SSSR count). The number of benzene rings is 1. The monoisotopic (exact) mass is 312 g/mol. The lowest BCUT2D eigenvalue weighted by Gasteiger charge is -2.06. The van der Waals surface area contributed by atoms with Crippen LogP contribution in [0.25, 0.3) is 0 Å². The average Bonchev–Trinajstić information content (AvgIpc) is 2.90. The number of amides is 1. The molecule has 0 fully saturated rings. The van der Waals surface area contributed by atoms with Crippen molar-refractivity contribution in [1.82, 2.24) is 5.32 Å². The zero-order chi connectivity index (χ0) is 13.7. The summed E-state index contributed by atoms with van der Waals surface area (Å²) in [7, 11) is 0. The summed E-state index contributed by atoms with van der Waals surface area (Å²) < 4.78 is 0. The molecule has 3 nitrogen and oxygen atoms in total. The number of hydrogen-bond donors (Lipinski definition) is 2. The molecule has 3 N–H and O–H groups in total. The highest BCUT2D eigenvalue weighted by Crippen LogP contribution is 2.28. The van der Waals surface area contributed by atoms with Crippen molar-refractivity contribution in [3.8, 4) is 0 Å². The second-order valence-corrected chi connectivity index (χ2v) is 6.29. The highest BCUT2D eigenvalue weighted by Gasteiger charge is 2.06. The van der Waals surface area contributed by atoms with Gasteiger partial charge in [-0.1, -0.05) is 17.7 Å². The first kappa shape index (κ1) is 14.2. The molecule has 6 heteroatoms. The lowest BCUT2D eigenvalue weighted by Crippen LogP contribution is -2.24. The van der Waals surface area contributed by atoms with Gasteiger partial charge in [0.25, 0.3) is 0 Å². The maximum atomic E-state index is 11.7. The van der Waals surface area contributed by atoms with Crippen LogP contribution in [0.5, 0.6) is 0 Å². The molecule has 0 atom stereocenters. The molecule has 2 aromatic rings. The molecule has 1 aromatic carbocycles. The number of thioether (sulfide) groups is 1. The quantitative estimate of drug-likeness (QED) is 0.657. The van der Waals surface area contributed by atoms with Gasteiger partial charge in [-0.05, 0) is 29.6 Å². The van der Waals surface area contributed by atoms with Crippen LogP contribution in [-0.4, -0.2) is 11.7 Å². The number of carbonyl (C=O) groups is 1. The van der Waals surface area contributed by atoms with Crippen LogP contribution in [0.2, 0.25) is 5.02 Å². The van der Waals surface area contributed by atoms with Gasteiger partial charge in [-0.15, -0.1) is 23.1 Å². The highest BCUT2D eigenvalue weighted by molar-refractivity contribution is 8.00. The van der Waals surface area contributed by atoms with Crippen molar-refractivity contribution in [3.05, 3.63) is 45.6 Å². The normalized spacial score (nSPS) is 10.4. The van der Waals surface area contributed by atoms with E-state index in [1.165, 1.54) is 11.8 Å². The Morgan fingerprint density at radius 3 is 3.00 bits per heavy atom. The topological polar surface area (TPSA) is 55.1 Å². The van der Waals surface area contributed by atoms with Crippen molar-refractivity contribution in [3.63, 3.8) is 0 Å². The molecular weight excluding hydrogens is 300 g/mol. The number of thiophene rings is 1. The SMILES string of the molecule is Nc1ccc(Cl)c(SCC(=O)NCc2cccs2)c1. The molecule has 0 spiro atoms. The van der Waals surface area contributed by atoms with E-state index in [0.29, 0.717) is 23.0 Å². The summed E-state index contributed by atoms with van der Waals surface area (Å²) in [5.41, 5.74) is 6.33. The molecule has 0 unspecified atom stereocenters. The van der Waals surface area contributed by atoms with Crippen LogP contribution in [-0.2, 0) is 11.3 Å². The van der Waals surface area contributed by atoms with Crippen LogP contribution in [0, 0.1) is 0 Å². The van der Waals surface area contributed by atoms with Crippen LogP contribution in [0.4, 0.5) is 5.69 Å². The van der Waals surface area contributed by atoms with Crippen molar-refractivity contribution < 1.29 is 4.79 Å². The van der Waals surface area contributed by atoms with E-state index < -0.39 is 0 Å². The summed E-state index contributed by atoms with van der Waals surface area (Å²) in [6, 6.07) is 9.21. The van der Waals surface area contributed by atoms with Crippen LogP contribution in [0.1, 0.15) is 4.88 Å².